The molecule has 2 fully saturated rings. The van der Waals surface area contributed by atoms with Gasteiger partial charge >= 0.3 is 6.09 Å². The first-order valence-electron chi connectivity index (χ1n) is 13.7. The van der Waals surface area contributed by atoms with Crippen molar-refractivity contribution >= 4 is 22.8 Å². The predicted molar refractivity (Wildman–Crippen MR) is 152 cm³/mol. The number of hydrogen-bond donors (Lipinski definition) is 1. The van der Waals surface area contributed by atoms with Crippen LogP contribution in [0.3, 0.4) is 0 Å². The summed E-state index contributed by atoms with van der Waals surface area (Å²) in [5.74, 6) is 1.05. The molecule has 0 bridgehead atoms. The van der Waals surface area contributed by atoms with Gasteiger partial charge in [-0.1, -0.05) is 30.3 Å². The number of carbonyl (C=O) groups excluding carboxylic acids is 2. The van der Waals surface area contributed by atoms with Gasteiger partial charge in [0.2, 0.25) is 0 Å². The molecule has 2 amide bonds. The number of nitrogens with one attached hydrogen (secondary N) is 1. The topological polar surface area (TPSA) is 77.1 Å². The van der Waals surface area contributed by atoms with Crippen LogP contribution < -0.4 is 14.8 Å². The van der Waals surface area contributed by atoms with E-state index in [0.717, 1.165) is 40.5 Å². The number of amides is 2. The Hall–Kier alpha value is -3.81. The SMILES string of the molecule is COc1cc(C2(NC(=O)c3cc(OC[C@@H]4C[C@@H](F)CN4C(=O)OC(C)(C)C)ccc3C)CC2)c2ccccc2c1. The molecule has 1 saturated carbocycles. The zero-order valence-electron chi connectivity index (χ0n) is 23.8. The van der Waals surface area contributed by atoms with Crippen molar-refractivity contribution in [2.24, 2.45) is 0 Å². The molecule has 3 aromatic rings. The van der Waals surface area contributed by atoms with Crippen LogP contribution in [0, 0.1) is 6.92 Å². The molecule has 8 heteroatoms. The van der Waals surface area contributed by atoms with Crippen molar-refractivity contribution < 1.29 is 28.2 Å². The molecule has 0 spiro atoms. The Labute approximate surface area is 234 Å². The van der Waals surface area contributed by atoms with Crippen LogP contribution in [-0.4, -0.2) is 55.0 Å². The Morgan fingerprint density at radius 1 is 1.07 bits per heavy atom. The Balaban J connectivity index is 1.31. The van der Waals surface area contributed by atoms with E-state index in [4.69, 9.17) is 14.2 Å². The van der Waals surface area contributed by atoms with Gasteiger partial charge in [-0.15, -0.1) is 0 Å². The van der Waals surface area contributed by atoms with E-state index in [1.54, 1.807) is 40.0 Å². The van der Waals surface area contributed by atoms with Gasteiger partial charge < -0.3 is 19.5 Å². The van der Waals surface area contributed by atoms with Gasteiger partial charge in [0.1, 0.15) is 29.9 Å². The first-order chi connectivity index (χ1) is 19.0. The lowest BCUT2D eigenvalue weighted by Gasteiger charge is -2.28. The summed E-state index contributed by atoms with van der Waals surface area (Å²) in [7, 11) is 1.65. The molecule has 1 aliphatic carbocycles. The number of hydrogen-bond acceptors (Lipinski definition) is 5. The lowest BCUT2D eigenvalue weighted by atomic mass is 9.95. The maximum atomic E-state index is 14.2. The number of ether oxygens (including phenoxy) is 3. The van der Waals surface area contributed by atoms with Crippen molar-refractivity contribution in [1.29, 1.82) is 0 Å². The average Bonchev–Trinajstić information content (AvgIpc) is 3.58. The predicted octanol–water partition coefficient (Wildman–Crippen LogP) is 6.30. The van der Waals surface area contributed by atoms with Crippen molar-refractivity contribution in [1.82, 2.24) is 10.2 Å². The maximum Gasteiger partial charge on any atom is 0.410 e. The van der Waals surface area contributed by atoms with Crippen LogP contribution in [0.5, 0.6) is 11.5 Å². The molecular weight excluding hydrogens is 511 g/mol. The van der Waals surface area contributed by atoms with Crippen LogP contribution in [0.4, 0.5) is 9.18 Å². The highest BCUT2D eigenvalue weighted by Gasteiger charge is 2.47. The van der Waals surface area contributed by atoms with Gasteiger partial charge in [-0.2, -0.15) is 0 Å². The van der Waals surface area contributed by atoms with Gasteiger partial charge in [-0.25, -0.2) is 9.18 Å². The van der Waals surface area contributed by atoms with Gasteiger partial charge in [-0.3, -0.25) is 9.69 Å². The minimum Gasteiger partial charge on any atom is -0.497 e. The molecule has 3 aromatic carbocycles. The van der Waals surface area contributed by atoms with Gasteiger partial charge in [-0.05, 0) is 86.7 Å². The van der Waals surface area contributed by atoms with E-state index >= 15 is 0 Å². The zero-order chi connectivity index (χ0) is 28.7. The van der Waals surface area contributed by atoms with Crippen LogP contribution in [0.1, 0.15) is 61.5 Å². The molecule has 0 radical (unpaired) electrons. The number of alkyl halides is 1. The Morgan fingerprint density at radius 3 is 2.52 bits per heavy atom. The highest BCUT2D eigenvalue weighted by Crippen LogP contribution is 2.49. The van der Waals surface area contributed by atoms with Crippen LogP contribution in [0.25, 0.3) is 10.8 Å². The first kappa shape index (κ1) is 27.7. The average molecular weight is 549 g/mol. The summed E-state index contributed by atoms with van der Waals surface area (Å²) in [6.45, 7) is 7.30. The van der Waals surface area contributed by atoms with E-state index < -0.39 is 29.4 Å². The molecule has 1 heterocycles. The molecule has 5 rings (SSSR count). The molecule has 40 heavy (non-hydrogen) atoms. The molecule has 2 aliphatic rings. The Bertz CT molecular complexity index is 1430. The molecule has 1 saturated heterocycles. The molecule has 7 nitrogen and oxygen atoms in total. The van der Waals surface area contributed by atoms with E-state index in [-0.39, 0.29) is 25.5 Å². The highest BCUT2D eigenvalue weighted by molar-refractivity contribution is 5.98. The normalized spacial score (nSPS) is 19.8. The van der Waals surface area contributed by atoms with E-state index in [1.807, 2.05) is 43.3 Å². The molecule has 1 N–H and O–H groups in total. The number of carbonyl (C=O) groups is 2. The molecule has 0 aromatic heterocycles. The van der Waals surface area contributed by atoms with Crippen LogP contribution in [0.15, 0.2) is 54.6 Å². The van der Waals surface area contributed by atoms with Gasteiger partial charge in [0.25, 0.3) is 5.91 Å². The monoisotopic (exact) mass is 548 g/mol. The quantitative estimate of drug-likeness (QED) is 0.375. The molecule has 0 unspecified atom stereocenters. The van der Waals surface area contributed by atoms with E-state index in [0.29, 0.717) is 11.3 Å². The Kier molecular flexibility index (Phi) is 7.38. The fourth-order valence-corrected chi connectivity index (χ4v) is 5.36. The third-order valence-electron chi connectivity index (χ3n) is 7.58. The largest absolute Gasteiger partial charge is 0.497 e. The van der Waals surface area contributed by atoms with Crippen molar-refractivity contribution in [3.8, 4) is 11.5 Å². The maximum absolute atomic E-state index is 14.2. The van der Waals surface area contributed by atoms with Crippen molar-refractivity contribution in [3.05, 3.63) is 71.3 Å². The minimum atomic E-state index is -1.14. The minimum absolute atomic E-state index is 0.0223. The third-order valence-corrected chi connectivity index (χ3v) is 7.58. The number of nitrogens with zero attached hydrogens (tertiary/aromatic N) is 1. The van der Waals surface area contributed by atoms with Gasteiger partial charge in [0, 0.05) is 12.0 Å². The van der Waals surface area contributed by atoms with Crippen molar-refractivity contribution in [2.75, 3.05) is 20.3 Å². The van der Waals surface area contributed by atoms with E-state index in [1.165, 1.54) is 4.90 Å². The number of aryl methyl sites for hydroxylation is 1. The summed E-state index contributed by atoms with van der Waals surface area (Å²) in [6.07, 6.45) is 0.151. The Morgan fingerprint density at radius 2 is 1.82 bits per heavy atom. The third kappa shape index (κ3) is 5.86. The number of fused-ring (bicyclic) bond motifs is 1. The number of likely N-dealkylation sites (tertiary alicyclic amines) is 1. The molecule has 1 aliphatic heterocycles. The summed E-state index contributed by atoms with van der Waals surface area (Å²) in [5, 5.41) is 5.44. The standard InChI is InChI=1S/C32H37FN2O5/c1-20-10-11-24(39-19-23-15-22(33)18-35(23)30(37)40-31(2,3)4)16-27(20)29(36)34-32(12-13-32)28-17-25(38-5)14-21-8-6-7-9-26(21)28/h6-11,14,16-17,22-23H,12-13,15,18-19H2,1-5H3,(H,34,36)/t22-,23+/m1/s1. The second kappa shape index (κ2) is 10.6. The number of halogens is 1. The van der Waals surface area contributed by atoms with Crippen molar-refractivity contribution in [3.63, 3.8) is 0 Å². The van der Waals surface area contributed by atoms with E-state index in [9.17, 15) is 14.0 Å². The summed E-state index contributed by atoms with van der Waals surface area (Å²) < 4.78 is 31.2. The second-order valence-corrected chi connectivity index (χ2v) is 11.8. The fraction of sp³-hybridized carbons (Fsp3) is 0.438. The van der Waals surface area contributed by atoms with E-state index in [2.05, 4.69) is 11.4 Å². The smallest absolute Gasteiger partial charge is 0.410 e. The lowest BCUT2D eigenvalue weighted by molar-refractivity contribution is 0.0181. The summed E-state index contributed by atoms with van der Waals surface area (Å²) in [4.78, 5) is 27.6. The lowest BCUT2D eigenvalue weighted by Crippen LogP contribution is -2.42. The molecular formula is C32H37FN2O5. The van der Waals surface area contributed by atoms with Crippen molar-refractivity contribution in [2.45, 2.75) is 70.3 Å². The molecule has 212 valence electrons. The molecule has 2 atom stereocenters. The number of methoxy groups -OCH3 is 1. The summed E-state index contributed by atoms with van der Waals surface area (Å²) in [5.41, 5.74) is 1.23. The fourth-order valence-electron chi connectivity index (χ4n) is 5.36. The highest BCUT2D eigenvalue weighted by atomic mass is 19.1. The van der Waals surface area contributed by atoms with Crippen LogP contribution >= 0.6 is 0 Å². The second-order valence-electron chi connectivity index (χ2n) is 11.8. The zero-order valence-corrected chi connectivity index (χ0v) is 23.8. The first-order valence-corrected chi connectivity index (χ1v) is 13.7. The van der Waals surface area contributed by atoms with Gasteiger partial charge in [0.15, 0.2) is 0 Å². The number of benzene rings is 3. The van der Waals surface area contributed by atoms with Gasteiger partial charge in [0.05, 0.1) is 25.2 Å². The van der Waals surface area contributed by atoms with Crippen LogP contribution in [0.2, 0.25) is 0 Å². The van der Waals surface area contributed by atoms with Crippen LogP contribution in [-0.2, 0) is 10.3 Å². The number of rotatable bonds is 7. The summed E-state index contributed by atoms with van der Waals surface area (Å²) in [6, 6.07) is 17.0. The summed E-state index contributed by atoms with van der Waals surface area (Å²) >= 11 is 0.